The first-order valence-corrected chi connectivity index (χ1v) is 11.3. The third-order valence-corrected chi connectivity index (χ3v) is 6.84. The Morgan fingerprint density at radius 3 is 2.27 bits per heavy atom. The maximum atomic E-state index is 13.0. The van der Waals surface area contributed by atoms with E-state index >= 15 is 0 Å². The molecule has 0 bridgehead atoms. The molecule has 1 heterocycles. The predicted octanol–water partition coefficient (Wildman–Crippen LogP) is 3.13. The SMILES string of the molecule is COC(=O)C1CCN(C(=O)c2cccc(NS(=O)(=O)c3ccc(C)cc3)c2C)CC1. The summed E-state index contributed by atoms with van der Waals surface area (Å²) in [5.41, 5.74) is 2.34. The van der Waals surface area contributed by atoms with Crippen molar-refractivity contribution in [1.29, 1.82) is 0 Å². The largest absolute Gasteiger partial charge is 0.469 e. The van der Waals surface area contributed by atoms with E-state index in [-0.39, 0.29) is 22.7 Å². The molecular weight excluding hydrogens is 404 g/mol. The first-order chi connectivity index (χ1) is 14.2. The molecule has 1 saturated heterocycles. The van der Waals surface area contributed by atoms with Crippen LogP contribution < -0.4 is 4.72 Å². The van der Waals surface area contributed by atoms with E-state index in [0.29, 0.717) is 42.7 Å². The van der Waals surface area contributed by atoms with Gasteiger partial charge in [-0.25, -0.2) is 8.42 Å². The van der Waals surface area contributed by atoms with Gasteiger partial charge in [0, 0.05) is 18.7 Å². The van der Waals surface area contributed by atoms with Crippen LogP contribution in [0.2, 0.25) is 0 Å². The summed E-state index contributed by atoms with van der Waals surface area (Å²) in [6.45, 7) is 4.52. The zero-order valence-electron chi connectivity index (χ0n) is 17.3. The number of carbonyl (C=O) groups is 2. The molecule has 0 unspecified atom stereocenters. The number of sulfonamides is 1. The number of likely N-dealkylation sites (tertiary alicyclic amines) is 1. The van der Waals surface area contributed by atoms with Gasteiger partial charge in [0.05, 0.1) is 23.6 Å². The number of benzene rings is 2. The number of aryl methyl sites for hydroxylation is 1. The molecule has 8 heteroatoms. The molecule has 0 aromatic heterocycles. The van der Waals surface area contributed by atoms with Crippen molar-refractivity contribution in [3.63, 3.8) is 0 Å². The summed E-state index contributed by atoms with van der Waals surface area (Å²) in [7, 11) is -2.40. The Kier molecular flexibility index (Phi) is 6.45. The molecule has 3 rings (SSSR count). The Morgan fingerprint density at radius 1 is 1.03 bits per heavy atom. The van der Waals surface area contributed by atoms with Crippen LogP contribution in [0.15, 0.2) is 47.4 Å². The van der Waals surface area contributed by atoms with Crippen molar-refractivity contribution >= 4 is 27.6 Å². The molecule has 0 saturated carbocycles. The lowest BCUT2D eigenvalue weighted by molar-refractivity contribution is -0.146. The molecule has 1 aliphatic heterocycles. The van der Waals surface area contributed by atoms with Crippen molar-refractivity contribution in [2.75, 3.05) is 24.9 Å². The van der Waals surface area contributed by atoms with Gasteiger partial charge >= 0.3 is 5.97 Å². The minimum atomic E-state index is -3.77. The molecule has 0 spiro atoms. The molecule has 0 atom stereocenters. The third kappa shape index (κ3) is 4.64. The van der Waals surface area contributed by atoms with Crippen molar-refractivity contribution in [3.05, 3.63) is 59.2 Å². The van der Waals surface area contributed by atoms with Crippen LogP contribution in [0.5, 0.6) is 0 Å². The van der Waals surface area contributed by atoms with Gasteiger partial charge in [0.25, 0.3) is 15.9 Å². The molecule has 160 valence electrons. The Hall–Kier alpha value is -2.87. The fourth-order valence-electron chi connectivity index (χ4n) is 3.55. The monoisotopic (exact) mass is 430 g/mol. The first kappa shape index (κ1) is 21.8. The average Bonchev–Trinajstić information content (AvgIpc) is 2.74. The van der Waals surface area contributed by atoms with Gasteiger partial charge in [0.1, 0.15) is 0 Å². The van der Waals surface area contributed by atoms with E-state index in [1.54, 1.807) is 54.3 Å². The molecule has 1 amide bonds. The summed E-state index contributed by atoms with van der Waals surface area (Å²) in [5, 5.41) is 0. The fraction of sp³-hybridized carbons (Fsp3) is 0.364. The molecule has 2 aromatic carbocycles. The number of rotatable bonds is 5. The highest BCUT2D eigenvalue weighted by atomic mass is 32.2. The van der Waals surface area contributed by atoms with E-state index < -0.39 is 10.0 Å². The number of hydrogen-bond acceptors (Lipinski definition) is 5. The van der Waals surface area contributed by atoms with E-state index in [0.717, 1.165) is 5.56 Å². The minimum absolute atomic E-state index is 0.161. The Morgan fingerprint density at radius 2 is 1.67 bits per heavy atom. The highest BCUT2D eigenvalue weighted by Crippen LogP contribution is 2.26. The number of anilines is 1. The van der Waals surface area contributed by atoms with Crippen molar-refractivity contribution < 1.29 is 22.7 Å². The number of hydrogen-bond donors (Lipinski definition) is 1. The van der Waals surface area contributed by atoms with Crippen LogP contribution in [-0.2, 0) is 19.6 Å². The highest BCUT2D eigenvalue weighted by molar-refractivity contribution is 7.92. The zero-order chi connectivity index (χ0) is 21.9. The van der Waals surface area contributed by atoms with Crippen LogP contribution in [0.4, 0.5) is 5.69 Å². The lowest BCUT2D eigenvalue weighted by Gasteiger charge is -2.31. The Labute approximate surface area is 177 Å². The standard InChI is InChI=1S/C22H26N2O5S/c1-15-7-9-18(10-8-15)30(27,28)23-20-6-4-5-19(16(20)2)21(25)24-13-11-17(12-14-24)22(26)29-3/h4-10,17,23H,11-14H2,1-3H3. The molecular formula is C22H26N2O5S. The van der Waals surface area contributed by atoms with E-state index in [2.05, 4.69) is 4.72 Å². The molecule has 1 fully saturated rings. The summed E-state index contributed by atoms with van der Waals surface area (Å²) in [4.78, 5) is 26.6. The van der Waals surface area contributed by atoms with Gasteiger partial charge in [-0.2, -0.15) is 0 Å². The second-order valence-electron chi connectivity index (χ2n) is 7.49. The number of esters is 1. The number of ether oxygens (including phenoxy) is 1. The normalized spacial score (nSPS) is 15.0. The topological polar surface area (TPSA) is 92.8 Å². The van der Waals surface area contributed by atoms with Crippen molar-refractivity contribution in [2.24, 2.45) is 5.92 Å². The van der Waals surface area contributed by atoms with Crippen LogP contribution in [0, 0.1) is 19.8 Å². The van der Waals surface area contributed by atoms with Crippen molar-refractivity contribution in [2.45, 2.75) is 31.6 Å². The van der Waals surface area contributed by atoms with Gasteiger partial charge in [0.15, 0.2) is 0 Å². The zero-order valence-corrected chi connectivity index (χ0v) is 18.2. The summed E-state index contributed by atoms with van der Waals surface area (Å²) < 4.78 is 32.8. The van der Waals surface area contributed by atoms with Crippen molar-refractivity contribution in [1.82, 2.24) is 4.90 Å². The number of amides is 1. The molecule has 2 aromatic rings. The van der Waals surface area contributed by atoms with E-state index in [9.17, 15) is 18.0 Å². The number of nitrogens with zero attached hydrogens (tertiary/aromatic N) is 1. The van der Waals surface area contributed by atoms with Crippen LogP contribution in [-0.4, -0.2) is 45.4 Å². The second-order valence-corrected chi connectivity index (χ2v) is 9.17. The molecule has 1 N–H and O–H groups in total. The van der Waals surface area contributed by atoms with Gasteiger partial charge < -0.3 is 9.64 Å². The molecule has 0 radical (unpaired) electrons. The smallest absolute Gasteiger partial charge is 0.308 e. The number of carbonyl (C=O) groups excluding carboxylic acids is 2. The number of piperidine rings is 1. The van der Waals surface area contributed by atoms with Gasteiger partial charge in [-0.1, -0.05) is 23.8 Å². The summed E-state index contributed by atoms with van der Waals surface area (Å²) in [6, 6.07) is 11.6. The Balaban J connectivity index is 1.77. The lowest BCUT2D eigenvalue weighted by atomic mass is 9.96. The molecule has 30 heavy (non-hydrogen) atoms. The quantitative estimate of drug-likeness (QED) is 0.736. The van der Waals surface area contributed by atoms with Gasteiger partial charge in [-0.05, 0) is 56.5 Å². The van der Waals surface area contributed by atoms with E-state index in [4.69, 9.17) is 4.74 Å². The molecule has 1 aliphatic rings. The fourth-order valence-corrected chi connectivity index (χ4v) is 4.68. The first-order valence-electron chi connectivity index (χ1n) is 9.79. The van der Waals surface area contributed by atoms with Crippen LogP contribution in [0.1, 0.15) is 34.3 Å². The second kappa shape index (κ2) is 8.87. The van der Waals surface area contributed by atoms with E-state index in [1.807, 2.05) is 6.92 Å². The summed E-state index contributed by atoms with van der Waals surface area (Å²) in [5.74, 6) is -0.606. The van der Waals surface area contributed by atoms with Gasteiger partial charge in [-0.3, -0.25) is 14.3 Å². The van der Waals surface area contributed by atoms with E-state index in [1.165, 1.54) is 7.11 Å². The Bertz CT molecular complexity index is 1040. The van der Waals surface area contributed by atoms with Crippen LogP contribution >= 0.6 is 0 Å². The van der Waals surface area contributed by atoms with Crippen LogP contribution in [0.25, 0.3) is 0 Å². The lowest BCUT2D eigenvalue weighted by Crippen LogP contribution is -2.40. The minimum Gasteiger partial charge on any atom is -0.469 e. The maximum absolute atomic E-state index is 13.0. The van der Waals surface area contributed by atoms with Gasteiger partial charge in [-0.15, -0.1) is 0 Å². The van der Waals surface area contributed by atoms with Gasteiger partial charge in [0.2, 0.25) is 0 Å². The van der Waals surface area contributed by atoms with Crippen LogP contribution in [0.3, 0.4) is 0 Å². The number of nitrogens with one attached hydrogen (secondary N) is 1. The summed E-state index contributed by atoms with van der Waals surface area (Å²) in [6.07, 6.45) is 1.11. The maximum Gasteiger partial charge on any atom is 0.308 e. The average molecular weight is 431 g/mol. The predicted molar refractivity (Wildman–Crippen MR) is 114 cm³/mol. The van der Waals surface area contributed by atoms with Crippen molar-refractivity contribution in [3.8, 4) is 0 Å². The number of methoxy groups -OCH3 is 1. The third-order valence-electron chi connectivity index (χ3n) is 5.46. The summed E-state index contributed by atoms with van der Waals surface area (Å²) >= 11 is 0. The molecule has 0 aliphatic carbocycles. The molecule has 7 nitrogen and oxygen atoms in total. The highest BCUT2D eigenvalue weighted by Gasteiger charge is 2.29.